The molecule has 66 heavy (non-hydrogen) atoms. The van der Waals surface area contributed by atoms with Crippen molar-refractivity contribution in [1.82, 2.24) is 0 Å². The van der Waals surface area contributed by atoms with Crippen molar-refractivity contribution >= 4 is 39.0 Å². The first-order chi connectivity index (χ1) is 32.2. The third-order valence-corrected chi connectivity index (χ3v) is 9.46. The van der Waals surface area contributed by atoms with Crippen LogP contribution in [0.1, 0.15) is 88.2 Å². The van der Waals surface area contributed by atoms with Crippen LogP contribution in [0.15, 0.2) is 107 Å². The van der Waals surface area contributed by atoms with E-state index in [2.05, 4.69) is 45.7 Å². The zero-order valence-electron chi connectivity index (χ0n) is 37.7. The van der Waals surface area contributed by atoms with E-state index in [0.717, 1.165) is 111 Å². The second kappa shape index (κ2) is 39.6. The van der Waals surface area contributed by atoms with Crippen LogP contribution in [0.5, 0.6) is 23.0 Å². The van der Waals surface area contributed by atoms with Gasteiger partial charge in [-0.15, -0.1) is 0 Å². The quantitative estimate of drug-likeness (QED) is 0.00536. The molecule has 4 aromatic rings. The number of halogens is 1. The van der Waals surface area contributed by atoms with Gasteiger partial charge in [-0.05, 0) is 167 Å². The lowest BCUT2D eigenvalue weighted by Gasteiger charge is -2.06. The van der Waals surface area contributed by atoms with E-state index in [9.17, 15) is 0 Å². The number of nitrogens with one attached hydrogen (secondary N) is 2. The number of unbranched alkanes of at least 4 members (excludes halogenated alkanes) is 8. The van der Waals surface area contributed by atoms with Crippen molar-refractivity contribution in [3.05, 3.63) is 152 Å². The maximum Gasteiger partial charge on any atom is 0.187 e. The van der Waals surface area contributed by atoms with E-state index in [1.807, 2.05) is 24.3 Å². The van der Waals surface area contributed by atoms with E-state index >= 15 is 0 Å². The van der Waals surface area contributed by atoms with Crippen LogP contribution in [-0.2, 0) is 0 Å². The summed E-state index contributed by atoms with van der Waals surface area (Å²) in [4.78, 5) is 12.0. The summed E-state index contributed by atoms with van der Waals surface area (Å²) >= 11 is 3.39. The molecule has 0 aliphatic carbocycles. The van der Waals surface area contributed by atoms with E-state index < -0.39 is 0 Å². The average molecular weight is 967 g/mol. The summed E-state index contributed by atoms with van der Waals surface area (Å²) in [5.41, 5.74) is 34.9. The Bertz CT molecular complexity index is 2080. The smallest absolute Gasteiger partial charge is 0.187 e. The van der Waals surface area contributed by atoms with Crippen molar-refractivity contribution in [2.75, 3.05) is 51.4 Å². The van der Waals surface area contributed by atoms with E-state index in [1.165, 1.54) is 12.8 Å². The molecule has 0 aliphatic heterocycles. The minimum absolute atomic E-state index is 0.0552. The van der Waals surface area contributed by atoms with Crippen molar-refractivity contribution < 1.29 is 18.9 Å². The van der Waals surface area contributed by atoms with Gasteiger partial charge >= 0.3 is 0 Å². The second-order valence-electron chi connectivity index (χ2n) is 14.1. The Morgan fingerprint density at radius 2 is 0.788 bits per heavy atom. The normalized spacial score (nSPS) is 9.58. The maximum absolute atomic E-state index is 8.09. The minimum atomic E-state index is 0.0552. The summed E-state index contributed by atoms with van der Waals surface area (Å²) < 4.78 is 22.1. The highest BCUT2D eigenvalue weighted by molar-refractivity contribution is 9.09. The average Bonchev–Trinajstić information content (AvgIpc) is 3.34. The Labute approximate surface area is 398 Å². The van der Waals surface area contributed by atoms with E-state index in [4.69, 9.17) is 71.2 Å². The molecule has 352 valence electrons. The lowest BCUT2D eigenvalue weighted by molar-refractivity contribution is 0.305. The standard InChI is InChI=1S/C12H14BrNO.C12H17N5O.C12H14N4O.C12H19N3O/c1-14-11-5-7-12(8-6-11)15-10-4-2-3-9-13;13-12(14)10-4-6-11(7-5-10)18-9-3-1-2-8-16-17-15;1-14-11-5-7-12(8-6-11)17-10-4-2-3-9-15-16-13;13-8-2-1-3-9-16-11-6-4-10(5-7-11)12(14)15/h5-8H,2-4,9-10H2;4-7H,1-3,8-9H2,(H3,13,14);5-8H,2-4,9-10H2;4-7H,1-3,8-9,13H2,(H3,14,15). The molecule has 0 fully saturated rings. The third kappa shape index (κ3) is 30.2. The largest absolute Gasteiger partial charge is 0.494 e. The number of alkyl halides is 1. The van der Waals surface area contributed by atoms with Crippen LogP contribution in [0.3, 0.4) is 0 Å². The maximum atomic E-state index is 8.09. The molecular weight excluding hydrogens is 903 g/mol. The molecule has 0 radical (unpaired) electrons. The summed E-state index contributed by atoms with van der Waals surface area (Å²) in [5, 5.41) is 22.5. The molecule has 0 aliphatic rings. The van der Waals surface area contributed by atoms with Gasteiger partial charge in [0.15, 0.2) is 11.4 Å². The molecule has 0 saturated heterocycles. The van der Waals surface area contributed by atoms with E-state index in [0.29, 0.717) is 49.8 Å². The predicted octanol–water partition coefficient (Wildman–Crippen LogP) is 12.6. The molecule has 4 aromatic carbocycles. The Hall–Kier alpha value is -6.94. The van der Waals surface area contributed by atoms with Gasteiger partial charge in [-0.25, -0.2) is 9.69 Å². The number of benzene rings is 4. The molecule has 18 heteroatoms. The number of nitrogens with two attached hydrogens (primary N) is 3. The van der Waals surface area contributed by atoms with E-state index in [1.54, 1.807) is 72.8 Å². The number of azide groups is 2. The van der Waals surface area contributed by atoms with Crippen molar-refractivity contribution in [3.63, 3.8) is 0 Å². The molecule has 0 bridgehead atoms. The van der Waals surface area contributed by atoms with Gasteiger partial charge in [-0.2, -0.15) is 0 Å². The number of ether oxygens (including phenoxy) is 4. The second-order valence-corrected chi connectivity index (χ2v) is 14.9. The lowest BCUT2D eigenvalue weighted by Crippen LogP contribution is -2.10. The van der Waals surface area contributed by atoms with Crippen LogP contribution in [0.4, 0.5) is 11.4 Å². The topological polar surface area (TPSA) is 269 Å². The monoisotopic (exact) mass is 965 g/mol. The molecule has 0 amide bonds. The molecule has 4 rings (SSSR count). The van der Waals surface area contributed by atoms with Crippen molar-refractivity contribution in [1.29, 1.82) is 10.8 Å². The molecular formula is C48H64BrN13O4. The SMILES string of the molecule is N=C(N)c1ccc(OCCCCCN)cc1.[C-]#[N+]c1ccc(OCCCCCBr)cc1.[C-]#[N+]c1ccc(OCCCCCN=[N+]=[N-])cc1.[N-]=[N+]=NCCCCCOc1ccc(C(=N)N)cc1. The van der Waals surface area contributed by atoms with Gasteiger partial charge in [0.25, 0.3) is 0 Å². The van der Waals surface area contributed by atoms with Crippen LogP contribution in [0.25, 0.3) is 30.6 Å². The zero-order chi connectivity index (χ0) is 48.3. The number of hydrogen-bond acceptors (Lipinski definition) is 9. The van der Waals surface area contributed by atoms with Gasteiger partial charge in [-0.3, -0.25) is 10.8 Å². The van der Waals surface area contributed by atoms with Gasteiger partial charge < -0.3 is 36.1 Å². The summed E-state index contributed by atoms with van der Waals surface area (Å²) in [5.74, 6) is 3.36. The van der Waals surface area contributed by atoms with Crippen LogP contribution in [0, 0.1) is 24.0 Å². The fourth-order valence-electron chi connectivity index (χ4n) is 5.26. The van der Waals surface area contributed by atoms with Gasteiger partial charge in [0, 0.05) is 39.4 Å². The molecule has 0 atom stereocenters. The highest BCUT2D eigenvalue weighted by atomic mass is 79.9. The first kappa shape index (κ1) is 57.1. The lowest BCUT2D eigenvalue weighted by atomic mass is 10.2. The molecule has 0 unspecified atom stereocenters. The fourth-order valence-corrected chi connectivity index (χ4v) is 5.66. The molecule has 0 saturated carbocycles. The molecule has 17 nitrogen and oxygen atoms in total. The number of nitrogen functional groups attached to an aromatic ring is 2. The Kier molecular flexibility index (Phi) is 34.3. The number of hydrogen-bond donors (Lipinski definition) is 5. The first-order valence-corrected chi connectivity index (χ1v) is 23.0. The number of nitrogens with zero attached hydrogens (tertiary/aromatic N) is 8. The summed E-state index contributed by atoms with van der Waals surface area (Å²) in [6, 6.07) is 28.7. The third-order valence-electron chi connectivity index (χ3n) is 8.90. The summed E-state index contributed by atoms with van der Waals surface area (Å²) in [6.45, 7) is 18.2. The Balaban J connectivity index is 0.000000441. The van der Waals surface area contributed by atoms with E-state index in [-0.39, 0.29) is 11.7 Å². The minimum Gasteiger partial charge on any atom is -0.494 e. The summed E-state index contributed by atoms with van der Waals surface area (Å²) in [7, 11) is 0. The Morgan fingerprint density at radius 3 is 1.06 bits per heavy atom. The highest BCUT2D eigenvalue weighted by Crippen LogP contribution is 2.19. The van der Waals surface area contributed by atoms with Crippen LogP contribution >= 0.6 is 15.9 Å². The summed E-state index contributed by atoms with van der Waals surface area (Å²) in [6.07, 6.45) is 12.2. The van der Waals surface area contributed by atoms with Crippen molar-refractivity contribution in [2.45, 2.75) is 77.0 Å². The molecule has 8 N–H and O–H groups in total. The first-order valence-electron chi connectivity index (χ1n) is 21.8. The number of amidine groups is 2. The van der Waals surface area contributed by atoms with Crippen LogP contribution < -0.4 is 36.1 Å². The number of rotatable bonds is 28. The fraction of sp³-hybridized carbons (Fsp3) is 0.417. The van der Waals surface area contributed by atoms with Crippen LogP contribution in [-0.4, -0.2) is 63.1 Å². The molecule has 0 spiro atoms. The molecule has 0 heterocycles. The van der Waals surface area contributed by atoms with Crippen molar-refractivity contribution in [2.24, 2.45) is 27.4 Å². The molecule has 0 aromatic heterocycles. The van der Waals surface area contributed by atoms with Gasteiger partial charge in [-0.1, -0.05) is 50.4 Å². The van der Waals surface area contributed by atoms with Gasteiger partial charge in [0.2, 0.25) is 0 Å². The zero-order valence-corrected chi connectivity index (χ0v) is 39.3. The van der Waals surface area contributed by atoms with Crippen LogP contribution in [0.2, 0.25) is 0 Å². The van der Waals surface area contributed by atoms with Crippen molar-refractivity contribution in [3.8, 4) is 23.0 Å². The Morgan fingerprint density at radius 1 is 0.485 bits per heavy atom. The highest BCUT2D eigenvalue weighted by Gasteiger charge is 2.00. The van der Waals surface area contributed by atoms with Gasteiger partial charge in [0.1, 0.15) is 34.7 Å². The predicted molar refractivity (Wildman–Crippen MR) is 269 cm³/mol. The van der Waals surface area contributed by atoms with Gasteiger partial charge in [0.05, 0.1) is 39.6 Å².